The van der Waals surface area contributed by atoms with Gasteiger partial charge in [-0.1, -0.05) is 0 Å². The van der Waals surface area contributed by atoms with Crippen LogP contribution in [0.3, 0.4) is 0 Å². The molecule has 8 heteroatoms. The SMILES string of the molecule is O=C1CC2CCC1C1C(=O)N(c3ccc(F)c([N+](=O)[O-])c3)C(=O)C21. The zero-order valence-electron chi connectivity index (χ0n) is 12.5. The van der Waals surface area contributed by atoms with Gasteiger partial charge in [0, 0.05) is 18.4 Å². The minimum absolute atomic E-state index is 0.0144. The number of imide groups is 1. The molecule has 1 saturated heterocycles. The summed E-state index contributed by atoms with van der Waals surface area (Å²) in [6, 6.07) is 2.95. The Morgan fingerprint density at radius 3 is 2.50 bits per heavy atom. The lowest BCUT2D eigenvalue weighted by Gasteiger charge is -2.41. The Bertz CT molecular complexity index is 808. The summed E-state index contributed by atoms with van der Waals surface area (Å²) in [6.07, 6.45) is 1.64. The number of hydrogen-bond donors (Lipinski definition) is 0. The Kier molecular flexibility index (Phi) is 3.06. The van der Waals surface area contributed by atoms with Gasteiger partial charge in [0.1, 0.15) is 5.78 Å². The summed E-state index contributed by atoms with van der Waals surface area (Å²) in [7, 11) is 0. The van der Waals surface area contributed by atoms with E-state index in [9.17, 15) is 28.9 Å². The van der Waals surface area contributed by atoms with Crippen LogP contribution >= 0.6 is 0 Å². The Balaban J connectivity index is 1.77. The molecule has 4 fully saturated rings. The highest BCUT2D eigenvalue weighted by atomic mass is 19.1. The van der Waals surface area contributed by atoms with E-state index in [-0.39, 0.29) is 17.4 Å². The van der Waals surface area contributed by atoms with E-state index in [1.54, 1.807) is 0 Å². The van der Waals surface area contributed by atoms with Crippen molar-refractivity contribution in [3.05, 3.63) is 34.1 Å². The minimum atomic E-state index is -1.03. The van der Waals surface area contributed by atoms with Crippen molar-refractivity contribution in [1.82, 2.24) is 0 Å². The maximum absolute atomic E-state index is 13.5. The van der Waals surface area contributed by atoms with Crippen LogP contribution in [0.15, 0.2) is 18.2 Å². The first-order chi connectivity index (χ1) is 11.4. The van der Waals surface area contributed by atoms with Gasteiger partial charge in [0.25, 0.3) is 0 Å². The molecule has 1 heterocycles. The molecule has 1 aliphatic heterocycles. The Morgan fingerprint density at radius 1 is 1.12 bits per heavy atom. The number of amides is 2. The summed E-state index contributed by atoms with van der Waals surface area (Å²) in [4.78, 5) is 48.4. The molecule has 1 aromatic rings. The molecule has 24 heavy (non-hydrogen) atoms. The average Bonchev–Trinajstić information content (AvgIpc) is 2.81. The van der Waals surface area contributed by atoms with Gasteiger partial charge in [-0.15, -0.1) is 0 Å². The lowest BCUT2D eigenvalue weighted by Crippen LogP contribution is -2.46. The van der Waals surface area contributed by atoms with Gasteiger partial charge < -0.3 is 0 Å². The van der Waals surface area contributed by atoms with Crippen LogP contribution in [0.5, 0.6) is 0 Å². The smallest absolute Gasteiger partial charge is 0.299 e. The maximum Gasteiger partial charge on any atom is 0.306 e. The van der Waals surface area contributed by atoms with Crippen LogP contribution < -0.4 is 4.90 Å². The second-order valence-electron chi connectivity index (χ2n) is 6.57. The number of nitro groups is 1. The first-order valence-electron chi connectivity index (χ1n) is 7.74. The van der Waals surface area contributed by atoms with E-state index in [0.717, 1.165) is 23.5 Å². The van der Waals surface area contributed by atoms with Gasteiger partial charge in [0.05, 0.1) is 22.4 Å². The van der Waals surface area contributed by atoms with Crippen molar-refractivity contribution in [3.8, 4) is 0 Å². The van der Waals surface area contributed by atoms with Gasteiger partial charge in [0.2, 0.25) is 17.6 Å². The highest BCUT2D eigenvalue weighted by molar-refractivity contribution is 6.23. The molecule has 3 saturated carbocycles. The molecule has 0 N–H and O–H groups in total. The molecular formula is C16H13FN2O5. The molecule has 4 atom stereocenters. The predicted molar refractivity (Wildman–Crippen MR) is 78.4 cm³/mol. The summed E-state index contributed by atoms with van der Waals surface area (Å²) in [5, 5.41) is 10.9. The van der Waals surface area contributed by atoms with Crippen LogP contribution in [0.2, 0.25) is 0 Å². The second-order valence-corrected chi connectivity index (χ2v) is 6.57. The molecule has 124 valence electrons. The van der Waals surface area contributed by atoms with Gasteiger partial charge in [-0.3, -0.25) is 24.5 Å². The molecule has 5 rings (SSSR count). The van der Waals surface area contributed by atoms with Crippen molar-refractivity contribution < 1.29 is 23.7 Å². The molecule has 0 spiro atoms. The van der Waals surface area contributed by atoms with Crippen molar-refractivity contribution in [1.29, 1.82) is 0 Å². The van der Waals surface area contributed by atoms with E-state index >= 15 is 0 Å². The van der Waals surface area contributed by atoms with E-state index in [1.165, 1.54) is 6.07 Å². The summed E-state index contributed by atoms with van der Waals surface area (Å²) >= 11 is 0. The normalized spacial score (nSPS) is 31.5. The number of nitro benzene ring substituents is 1. The number of ketones is 1. The van der Waals surface area contributed by atoms with E-state index in [0.29, 0.717) is 12.8 Å². The number of halogens is 1. The third-order valence-electron chi connectivity index (χ3n) is 5.45. The van der Waals surface area contributed by atoms with Crippen LogP contribution in [0.4, 0.5) is 15.8 Å². The van der Waals surface area contributed by atoms with Crippen LogP contribution in [0, 0.1) is 39.6 Å². The van der Waals surface area contributed by atoms with Gasteiger partial charge in [-0.25, -0.2) is 4.90 Å². The lowest BCUT2D eigenvalue weighted by atomic mass is 9.59. The Labute approximate surface area is 135 Å². The molecule has 0 radical (unpaired) electrons. The molecule has 2 amide bonds. The van der Waals surface area contributed by atoms with E-state index in [2.05, 4.69) is 0 Å². The molecule has 4 aliphatic rings. The van der Waals surface area contributed by atoms with Crippen LogP contribution in [-0.4, -0.2) is 22.5 Å². The Hall–Kier alpha value is -2.64. The second kappa shape index (κ2) is 4.93. The van der Waals surface area contributed by atoms with Crippen LogP contribution in [0.25, 0.3) is 0 Å². The monoisotopic (exact) mass is 332 g/mol. The standard InChI is InChI=1S/C16H13FN2O5/c17-10-4-2-8(6-11(10)19(23)24)18-15(21)13-7-1-3-9(12(20)5-7)14(13)16(18)22/h2,4,6-7,9,13-14H,1,3,5H2. The number of benzene rings is 1. The predicted octanol–water partition coefficient (Wildman–Crippen LogP) is 1.84. The number of nitrogens with zero attached hydrogens (tertiary/aromatic N) is 2. The first-order valence-corrected chi connectivity index (χ1v) is 7.74. The molecule has 1 aromatic carbocycles. The fourth-order valence-electron chi connectivity index (χ4n) is 4.42. The summed E-state index contributed by atoms with van der Waals surface area (Å²) in [6.45, 7) is 0. The Morgan fingerprint density at radius 2 is 1.83 bits per heavy atom. The van der Waals surface area contributed by atoms with E-state index in [4.69, 9.17) is 0 Å². The van der Waals surface area contributed by atoms with Crippen molar-refractivity contribution in [2.75, 3.05) is 4.90 Å². The minimum Gasteiger partial charge on any atom is -0.299 e. The van der Waals surface area contributed by atoms with Gasteiger partial charge in [0.15, 0.2) is 0 Å². The van der Waals surface area contributed by atoms with Crippen LogP contribution in [-0.2, 0) is 14.4 Å². The van der Waals surface area contributed by atoms with Crippen molar-refractivity contribution in [3.63, 3.8) is 0 Å². The molecule has 2 bridgehead atoms. The number of carbonyl (C=O) groups excluding carboxylic acids is 3. The zero-order valence-corrected chi connectivity index (χ0v) is 12.5. The van der Waals surface area contributed by atoms with Gasteiger partial charge in [-0.2, -0.15) is 4.39 Å². The third-order valence-corrected chi connectivity index (χ3v) is 5.45. The molecule has 3 aliphatic carbocycles. The lowest BCUT2D eigenvalue weighted by molar-refractivity contribution is -0.387. The quantitative estimate of drug-likeness (QED) is 0.467. The van der Waals surface area contributed by atoms with Gasteiger partial charge >= 0.3 is 5.69 Å². The van der Waals surface area contributed by atoms with E-state index < -0.39 is 46.0 Å². The number of fused-ring (bicyclic) bond motifs is 2. The van der Waals surface area contributed by atoms with E-state index in [1.807, 2.05) is 0 Å². The number of hydrogen-bond acceptors (Lipinski definition) is 5. The molecule has 4 unspecified atom stereocenters. The van der Waals surface area contributed by atoms with Gasteiger partial charge in [-0.05, 0) is 30.9 Å². The fraction of sp³-hybridized carbons (Fsp3) is 0.438. The zero-order chi connectivity index (χ0) is 17.2. The third kappa shape index (κ3) is 1.85. The molecule has 7 nitrogen and oxygen atoms in total. The molecular weight excluding hydrogens is 319 g/mol. The largest absolute Gasteiger partial charge is 0.306 e. The topological polar surface area (TPSA) is 97.6 Å². The number of anilines is 1. The highest BCUT2D eigenvalue weighted by Gasteiger charge is 2.61. The molecule has 0 aromatic heterocycles. The average molecular weight is 332 g/mol. The number of Topliss-reactive ketones (excluding diaryl/α,β-unsaturated/α-hetero) is 1. The maximum atomic E-state index is 13.5. The fourth-order valence-corrected chi connectivity index (χ4v) is 4.42. The van der Waals surface area contributed by atoms with Crippen molar-refractivity contribution in [2.45, 2.75) is 19.3 Å². The number of carbonyl (C=O) groups is 3. The van der Waals surface area contributed by atoms with Crippen molar-refractivity contribution in [2.24, 2.45) is 23.7 Å². The van der Waals surface area contributed by atoms with Crippen molar-refractivity contribution >= 4 is 29.0 Å². The van der Waals surface area contributed by atoms with Crippen LogP contribution in [0.1, 0.15) is 19.3 Å². The number of rotatable bonds is 2. The highest BCUT2D eigenvalue weighted by Crippen LogP contribution is 2.52. The first kappa shape index (κ1) is 14.9. The summed E-state index contributed by atoms with van der Waals surface area (Å²) in [5.41, 5.74) is -0.804. The summed E-state index contributed by atoms with van der Waals surface area (Å²) < 4.78 is 13.5. The summed E-state index contributed by atoms with van der Waals surface area (Å²) in [5.74, 6) is -3.78.